The summed E-state index contributed by atoms with van der Waals surface area (Å²) in [4.78, 5) is 0. The molecule has 0 aromatic heterocycles. The van der Waals surface area contributed by atoms with Gasteiger partial charge in [0.2, 0.25) is 0 Å². The highest BCUT2D eigenvalue weighted by Crippen LogP contribution is 2.22. The van der Waals surface area contributed by atoms with Crippen LogP contribution in [0.3, 0.4) is 0 Å². The van der Waals surface area contributed by atoms with Crippen LogP contribution in [-0.2, 0) is 4.74 Å². The van der Waals surface area contributed by atoms with E-state index in [1.54, 1.807) is 0 Å². The summed E-state index contributed by atoms with van der Waals surface area (Å²) >= 11 is 0. The maximum absolute atomic E-state index is 9.28. The average molecular weight is 178 g/mol. The Morgan fingerprint density at radius 3 is 2.08 bits per heavy atom. The molecule has 12 heavy (non-hydrogen) atoms. The molecule has 1 aliphatic rings. The first-order chi connectivity index (χ1) is 5.57. The first-order valence-corrected chi connectivity index (χ1v) is 3.83. The Morgan fingerprint density at radius 2 is 1.58 bits per heavy atom. The number of ether oxygens (including phenoxy) is 1. The third-order valence-corrected chi connectivity index (χ3v) is 2.25. The van der Waals surface area contributed by atoms with Crippen molar-refractivity contribution in [1.29, 1.82) is 0 Å². The van der Waals surface area contributed by atoms with E-state index in [1.807, 2.05) is 0 Å². The molecule has 1 saturated carbocycles. The Bertz CT molecular complexity index is 146. The minimum Gasteiger partial charge on any atom is -0.390 e. The van der Waals surface area contributed by atoms with Gasteiger partial charge < -0.3 is 25.2 Å². The summed E-state index contributed by atoms with van der Waals surface area (Å²) in [7, 11) is 1.38. The normalized spacial score (nSPS) is 49.2. The Hall–Kier alpha value is -0.200. The van der Waals surface area contributed by atoms with Crippen LogP contribution in [0.5, 0.6) is 0 Å². The fourth-order valence-corrected chi connectivity index (χ4v) is 1.40. The van der Waals surface area contributed by atoms with Crippen molar-refractivity contribution < 1.29 is 25.2 Å². The van der Waals surface area contributed by atoms with Gasteiger partial charge in [-0.25, -0.2) is 0 Å². The first kappa shape index (κ1) is 9.88. The minimum absolute atomic E-state index is 0.135. The van der Waals surface area contributed by atoms with Crippen LogP contribution in [-0.4, -0.2) is 58.1 Å². The van der Waals surface area contributed by atoms with Crippen molar-refractivity contribution in [3.63, 3.8) is 0 Å². The lowest BCUT2D eigenvalue weighted by atomic mass is 9.87. The van der Waals surface area contributed by atoms with Crippen molar-refractivity contribution in [2.75, 3.05) is 7.11 Å². The highest BCUT2D eigenvalue weighted by molar-refractivity contribution is 4.93. The Balaban J connectivity index is 2.63. The summed E-state index contributed by atoms with van der Waals surface area (Å²) in [6.45, 7) is 0. The van der Waals surface area contributed by atoms with Gasteiger partial charge in [0, 0.05) is 13.5 Å². The average Bonchev–Trinajstić information content (AvgIpc) is 2.08. The molecule has 4 N–H and O–H groups in total. The molecule has 1 rings (SSSR count). The topological polar surface area (TPSA) is 90.2 Å². The highest BCUT2D eigenvalue weighted by atomic mass is 16.5. The maximum atomic E-state index is 9.28. The molecule has 0 radical (unpaired) electrons. The van der Waals surface area contributed by atoms with Crippen molar-refractivity contribution in [2.45, 2.75) is 36.9 Å². The molecule has 0 unspecified atom stereocenters. The molecule has 1 aliphatic carbocycles. The summed E-state index contributed by atoms with van der Waals surface area (Å²) in [5, 5.41) is 36.7. The number of methoxy groups -OCH3 is 1. The van der Waals surface area contributed by atoms with Crippen molar-refractivity contribution in [2.24, 2.45) is 0 Å². The van der Waals surface area contributed by atoms with Crippen LogP contribution in [0.1, 0.15) is 6.42 Å². The zero-order valence-electron chi connectivity index (χ0n) is 6.79. The van der Waals surface area contributed by atoms with Crippen LogP contribution in [0, 0.1) is 0 Å². The SMILES string of the molecule is CO[C@@H]1C[C@@H](O)[C@@H](O)[C@H](O)[C@H]1O. The molecule has 5 nitrogen and oxygen atoms in total. The van der Waals surface area contributed by atoms with Gasteiger partial charge in [0.1, 0.15) is 18.3 Å². The largest absolute Gasteiger partial charge is 0.390 e. The van der Waals surface area contributed by atoms with E-state index < -0.39 is 30.5 Å². The van der Waals surface area contributed by atoms with Gasteiger partial charge in [0.05, 0.1) is 12.2 Å². The molecule has 0 aromatic carbocycles. The second kappa shape index (κ2) is 3.68. The highest BCUT2D eigenvalue weighted by Gasteiger charge is 2.41. The van der Waals surface area contributed by atoms with Crippen LogP contribution < -0.4 is 0 Å². The zero-order chi connectivity index (χ0) is 9.30. The minimum atomic E-state index is -1.33. The quantitative estimate of drug-likeness (QED) is 0.367. The lowest BCUT2D eigenvalue weighted by Gasteiger charge is -2.37. The summed E-state index contributed by atoms with van der Waals surface area (Å²) in [5.74, 6) is 0. The molecule has 0 saturated heterocycles. The van der Waals surface area contributed by atoms with Gasteiger partial charge in [0.25, 0.3) is 0 Å². The van der Waals surface area contributed by atoms with Gasteiger partial charge in [-0.2, -0.15) is 0 Å². The third kappa shape index (κ3) is 1.60. The number of aliphatic hydroxyl groups is 4. The Morgan fingerprint density at radius 1 is 1.00 bits per heavy atom. The van der Waals surface area contributed by atoms with E-state index in [-0.39, 0.29) is 6.42 Å². The molecular formula is C7H14O5. The van der Waals surface area contributed by atoms with E-state index in [4.69, 9.17) is 14.9 Å². The standard InChI is InChI=1S/C7H14O5/c1-12-4-2-3(8)5(9)7(11)6(4)10/h3-11H,2H2,1H3/t3-,4-,5-,6+,7+/m1/s1. The van der Waals surface area contributed by atoms with Gasteiger partial charge in [0.15, 0.2) is 0 Å². The van der Waals surface area contributed by atoms with Crippen molar-refractivity contribution in [1.82, 2.24) is 0 Å². The van der Waals surface area contributed by atoms with E-state index in [0.29, 0.717) is 0 Å². The number of rotatable bonds is 1. The lowest BCUT2D eigenvalue weighted by Crippen LogP contribution is -2.56. The van der Waals surface area contributed by atoms with E-state index in [9.17, 15) is 10.2 Å². The fraction of sp³-hybridized carbons (Fsp3) is 1.00. The van der Waals surface area contributed by atoms with Crippen LogP contribution in [0.4, 0.5) is 0 Å². The fourth-order valence-electron chi connectivity index (χ4n) is 1.40. The molecule has 0 heterocycles. The second-order valence-electron chi connectivity index (χ2n) is 3.05. The predicted octanol–water partition coefficient (Wildman–Crippen LogP) is -2.15. The molecule has 0 spiro atoms. The maximum Gasteiger partial charge on any atom is 0.111 e. The molecule has 0 aromatic rings. The molecule has 5 heteroatoms. The Kier molecular flexibility index (Phi) is 3.03. The molecular weight excluding hydrogens is 164 g/mol. The number of hydrogen-bond acceptors (Lipinski definition) is 5. The molecule has 0 bridgehead atoms. The van der Waals surface area contributed by atoms with Crippen molar-refractivity contribution in [3.8, 4) is 0 Å². The summed E-state index contributed by atoms with van der Waals surface area (Å²) in [6, 6.07) is 0. The van der Waals surface area contributed by atoms with Crippen LogP contribution >= 0.6 is 0 Å². The molecule has 0 aliphatic heterocycles. The number of hydrogen-bond donors (Lipinski definition) is 4. The van der Waals surface area contributed by atoms with Crippen LogP contribution in [0.2, 0.25) is 0 Å². The van der Waals surface area contributed by atoms with Crippen molar-refractivity contribution in [3.05, 3.63) is 0 Å². The first-order valence-electron chi connectivity index (χ1n) is 3.83. The third-order valence-electron chi connectivity index (χ3n) is 2.25. The van der Waals surface area contributed by atoms with Crippen LogP contribution in [0.15, 0.2) is 0 Å². The summed E-state index contributed by atoms with van der Waals surface area (Å²) in [5.41, 5.74) is 0. The van der Waals surface area contributed by atoms with E-state index in [2.05, 4.69) is 0 Å². The summed E-state index contributed by atoms with van der Waals surface area (Å²) in [6.07, 6.45) is -5.26. The van der Waals surface area contributed by atoms with Gasteiger partial charge >= 0.3 is 0 Å². The smallest absolute Gasteiger partial charge is 0.111 e. The number of aliphatic hydroxyl groups excluding tert-OH is 4. The Labute approximate surface area is 70.2 Å². The van der Waals surface area contributed by atoms with Gasteiger partial charge in [-0.1, -0.05) is 0 Å². The van der Waals surface area contributed by atoms with Crippen molar-refractivity contribution >= 4 is 0 Å². The van der Waals surface area contributed by atoms with E-state index >= 15 is 0 Å². The molecule has 72 valence electrons. The van der Waals surface area contributed by atoms with Gasteiger partial charge in [-0.15, -0.1) is 0 Å². The molecule has 5 atom stereocenters. The zero-order valence-corrected chi connectivity index (χ0v) is 6.79. The van der Waals surface area contributed by atoms with E-state index in [1.165, 1.54) is 7.11 Å². The second-order valence-corrected chi connectivity index (χ2v) is 3.05. The molecule has 1 fully saturated rings. The molecule has 0 amide bonds. The lowest BCUT2D eigenvalue weighted by molar-refractivity contribution is -0.183. The van der Waals surface area contributed by atoms with Crippen LogP contribution in [0.25, 0.3) is 0 Å². The van der Waals surface area contributed by atoms with Gasteiger partial charge in [-0.3, -0.25) is 0 Å². The van der Waals surface area contributed by atoms with Gasteiger partial charge in [-0.05, 0) is 0 Å². The monoisotopic (exact) mass is 178 g/mol. The predicted molar refractivity (Wildman–Crippen MR) is 39.4 cm³/mol. The summed E-state index contributed by atoms with van der Waals surface area (Å²) < 4.78 is 4.81. The van der Waals surface area contributed by atoms with E-state index in [0.717, 1.165) is 0 Å².